The number of carbonyl (C=O) groups excluding carboxylic acids is 1. The first-order chi connectivity index (χ1) is 16.2. The third kappa shape index (κ3) is 8.26. The molecule has 34 heavy (non-hydrogen) atoms. The second-order valence-corrected chi connectivity index (χ2v) is 8.30. The average Bonchev–Trinajstić information content (AvgIpc) is 3.31. The summed E-state index contributed by atoms with van der Waals surface area (Å²) in [5, 5.41) is 3.02. The van der Waals surface area contributed by atoms with E-state index in [1.165, 1.54) is 22.4 Å². The van der Waals surface area contributed by atoms with Gasteiger partial charge in [0, 0.05) is 32.8 Å². The van der Waals surface area contributed by atoms with Crippen molar-refractivity contribution in [3.8, 4) is 12.3 Å². The lowest BCUT2D eigenvalue weighted by Gasteiger charge is -2.21. The predicted molar refractivity (Wildman–Crippen MR) is 140 cm³/mol. The van der Waals surface area contributed by atoms with Gasteiger partial charge in [0.2, 0.25) is 0 Å². The molecule has 1 aromatic rings. The van der Waals surface area contributed by atoms with Crippen LogP contribution in [-0.2, 0) is 11.3 Å². The van der Waals surface area contributed by atoms with Crippen LogP contribution in [0.25, 0.3) is 0 Å². The largest absolute Gasteiger partial charge is 0.495 e. The summed E-state index contributed by atoms with van der Waals surface area (Å²) in [5.41, 5.74) is 12.7. The first-order valence-corrected chi connectivity index (χ1v) is 11.9. The Hall–Kier alpha value is -3.27. The molecule has 0 saturated heterocycles. The predicted octanol–water partition coefficient (Wildman–Crippen LogP) is 4.90. The van der Waals surface area contributed by atoms with Crippen molar-refractivity contribution in [1.82, 2.24) is 20.2 Å². The monoisotopic (exact) mass is 467 g/mol. The highest BCUT2D eigenvalue weighted by Crippen LogP contribution is 2.34. The summed E-state index contributed by atoms with van der Waals surface area (Å²) in [5.74, 6) is 2.24. The summed E-state index contributed by atoms with van der Waals surface area (Å²) in [6.45, 7) is 10.6. The Morgan fingerprint density at radius 3 is 2.53 bits per heavy atom. The maximum atomic E-state index is 12.8. The Bertz CT molecular complexity index is 968. The van der Waals surface area contributed by atoms with Gasteiger partial charge in [-0.1, -0.05) is 25.5 Å². The van der Waals surface area contributed by atoms with Gasteiger partial charge >= 0.3 is 0 Å². The SMILES string of the molecule is C#CCC.C/C=C\OCc1nc(N)c(C(=O)NC/C(C2=C(N(C)C)CCC2)=C(/C)CC)nc1C. The number of carbonyl (C=O) groups is 1. The smallest absolute Gasteiger partial charge is 0.273 e. The lowest BCUT2D eigenvalue weighted by molar-refractivity contribution is 0.0952. The van der Waals surface area contributed by atoms with E-state index in [4.69, 9.17) is 16.9 Å². The summed E-state index contributed by atoms with van der Waals surface area (Å²) in [6, 6.07) is 0. The summed E-state index contributed by atoms with van der Waals surface area (Å²) in [7, 11) is 4.16. The third-order valence-electron chi connectivity index (χ3n) is 5.63. The van der Waals surface area contributed by atoms with Crippen LogP contribution in [0.5, 0.6) is 0 Å². The fraction of sp³-hybridized carbons (Fsp3) is 0.519. The molecule has 186 valence electrons. The van der Waals surface area contributed by atoms with Crippen molar-refractivity contribution in [1.29, 1.82) is 0 Å². The molecule has 0 fully saturated rings. The molecule has 0 radical (unpaired) electrons. The summed E-state index contributed by atoms with van der Waals surface area (Å²) in [6.07, 6.45) is 13.2. The molecule has 1 aliphatic carbocycles. The van der Waals surface area contributed by atoms with Crippen LogP contribution in [0.15, 0.2) is 34.8 Å². The molecule has 0 unspecified atom stereocenters. The number of aryl methyl sites for hydroxylation is 1. The molecule has 3 N–H and O–H groups in total. The van der Waals surface area contributed by atoms with Crippen molar-refractivity contribution >= 4 is 11.7 Å². The highest BCUT2D eigenvalue weighted by molar-refractivity contribution is 5.96. The van der Waals surface area contributed by atoms with E-state index in [0.29, 0.717) is 17.9 Å². The van der Waals surface area contributed by atoms with Gasteiger partial charge in [-0.25, -0.2) is 9.97 Å². The Balaban J connectivity index is 0.00000133. The zero-order valence-corrected chi connectivity index (χ0v) is 21.9. The van der Waals surface area contributed by atoms with Crippen LogP contribution in [0.2, 0.25) is 0 Å². The zero-order valence-electron chi connectivity index (χ0n) is 21.9. The second-order valence-electron chi connectivity index (χ2n) is 8.30. The van der Waals surface area contributed by atoms with E-state index in [2.05, 4.69) is 54.0 Å². The Morgan fingerprint density at radius 2 is 1.97 bits per heavy atom. The van der Waals surface area contributed by atoms with E-state index in [-0.39, 0.29) is 24.0 Å². The molecule has 0 aliphatic heterocycles. The molecule has 0 bridgehead atoms. The number of hydrogen-bond acceptors (Lipinski definition) is 6. The number of nitrogens with one attached hydrogen (secondary N) is 1. The Kier molecular flexibility index (Phi) is 12.5. The van der Waals surface area contributed by atoms with Gasteiger partial charge < -0.3 is 20.7 Å². The first kappa shape index (κ1) is 28.8. The molecule has 0 aromatic carbocycles. The number of allylic oxidation sites excluding steroid dienone is 3. The highest BCUT2D eigenvalue weighted by Gasteiger charge is 2.22. The van der Waals surface area contributed by atoms with Crippen molar-refractivity contribution < 1.29 is 9.53 Å². The van der Waals surface area contributed by atoms with Gasteiger partial charge in [-0.3, -0.25) is 4.79 Å². The molecule has 1 aromatic heterocycles. The number of ether oxygens (including phenoxy) is 1. The van der Waals surface area contributed by atoms with Crippen LogP contribution in [0.3, 0.4) is 0 Å². The van der Waals surface area contributed by atoms with Crippen molar-refractivity contribution in [2.45, 2.75) is 73.3 Å². The van der Waals surface area contributed by atoms with Gasteiger partial charge in [0.25, 0.3) is 5.91 Å². The van der Waals surface area contributed by atoms with Gasteiger partial charge in [0.1, 0.15) is 12.3 Å². The Morgan fingerprint density at radius 1 is 1.29 bits per heavy atom. The second kappa shape index (κ2) is 14.8. The van der Waals surface area contributed by atoms with Gasteiger partial charge in [-0.2, -0.15) is 0 Å². The molecule has 7 heteroatoms. The quantitative estimate of drug-likeness (QED) is 0.396. The molecule has 1 amide bonds. The topological polar surface area (TPSA) is 93.4 Å². The fourth-order valence-electron chi connectivity index (χ4n) is 3.62. The van der Waals surface area contributed by atoms with Crippen molar-refractivity contribution in [2.24, 2.45) is 0 Å². The maximum absolute atomic E-state index is 12.8. The van der Waals surface area contributed by atoms with E-state index in [9.17, 15) is 4.79 Å². The molecular formula is C27H41N5O2. The van der Waals surface area contributed by atoms with Crippen molar-refractivity contribution in [2.75, 3.05) is 26.4 Å². The number of amides is 1. The normalized spacial score (nSPS) is 13.7. The molecular weight excluding hydrogens is 426 g/mol. The van der Waals surface area contributed by atoms with Crippen LogP contribution < -0.4 is 11.1 Å². The lowest BCUT2D eigenvalue weighted by Crippen LogP contribution is -2.29. The molecule has 7 nitrogen and oxygen atoms in total. The summed E-state index contributed by atoms with van der Waals surface area (Å²) < 4.78 is 5.35. The molecule has 0 atom stereocenters. The number of nitrogen functional groups attached to an aromatic ring is 1. The van der Waals surface area contributed by atoms with Gasteiger partial charge in [-0.15, -0.1) is 12.3 Å². The van der Waals surface area contributed by atoms with Crippen molar-refractivity contribution in [3.63, 3.8) is 0 Å². The standard InChI is InChI=1S/C23H35N5O2.C4H6/c1-7-12-30-14-19-16(4)26-21(22(24)27-19)23(29)25-13-18(15(3)8-2)17-10-9-11-20(17)28(5)6;1-3-4-2/h7,12H,8-11,13-14H2,1-6H3,(H2,24,27)(H,25,29);1H,4H2,2H3/b12-7-,18-15+;. The fourth-order valence-corrected chi connectivity index (χ4v) is 3.62. The number of hydrogen-bond donors (Lipinski definition) is 2. The van der Waals surface area contributed by atoms with Crippen LogP contribution in [0.4, 0.5) is 5.82 Å². The molecule has 2 rings (SSSR count). The minimum atomic E-state index is -0.310. The minimum Gasteiger partial charge on any atom is -0.495 e. The van der Waals surface area contributed by atoms with Crippen LogP contribution in [0, 0.1) is 19.3 Å². The zero-order chi connectivity index (χ0) is 25.7. The maximum Gasteiger partial charge on any atom is 0.273 e. The number of anilines is 1. The van der Waals surface area contributed by atoms with Crippen molar-refractivity contribution in [3.05, 3.63) is 51.8 Å². The van der Waals surface area contributed by atoms with Gasteiger partial charge in [0.15, 0.2) is 11.5 Å². The number of terminal acetylenes is 1. The molecule has 1 aliphatic rings. The van der Waals surface area contributed by atoms with Gasteiger partial charge in [0.05, 0.1) is 12.0 Å². The average molecular weight is 468 g/mol. The molecule has 0 saturated carbocycles. The van der Waals surface area contributed by atoms with Crippen LogP contribution in [0.1, 0.15) is 81.7 Å². The number of nitrogens with zero attached hydrogens (tertiary/aromatic N) is 3. The van der Waals surface area contributed by atoms with E-state index < -0.39 is 0 Å². The number of aromatic nitrogens is 2. The Labute approximate surface area is 205 Å². The highest BCUT2D eigenvalue weighted by atomic mass is 16.5. The molecule has 0 spiro atoms. The summed E-state index contributed by atoms with van der Waals surface area (Å²) in [4.78, 5) is 23.8. The number of rotatable bonds is 9. The van der Waals surface area contributed by atoms with E-state index in [1.807, 2.05) is 13.8 Å². The lowest BCUT2D eigenvalue weighted by atomic mass is 9.97. The van der Waals surface area contributed by atoms with Crippen LogP contribution in [-0.4, -0.2) is 41.4 Å². The summed E-state index contributed by atoms with van der Waals surface area (Å²) >= 11 is 0. The third-order valence-corrected chi connectivity index (χ3v) is 5.63. The van der Waals surface area contributed by atoms with E-state index in [0.717, 1.165) is 32.1 Å². The van der Waals surface area contributed by atoms with Gasteiger partial charge in [-0.05, 0) is 57.6 Å². The molecule has 1 heterocycles. The van der Waals surface area contributed by atoms with E-state index >= 15 is 0 Å². The first-order valence-electron chi connectivity index (χ1n) is 11.9. The van der Waals surface area contributed by atoms with Crippen LogP contribution >= 0.6 is 0 Å². The number of nitrogens with two attached hydrogens (primary N) is 1. The minimum absolute atomic E-state index is 0.115. The van der Waals surface area contributed by atoms with E-state index in [1.54, 1.807) is 19.3 Å².